The molecule has 1 aromatic rings. The normalized spacial score (nSPS) is 11.4. The van der Waals surface area contributed by atoms with Gasteiger partial charge in [-0.25, -0.2) is 4.79 Å². The van der Waals surface area contributed by atoms with Crippen LogP contribution in [0.5, 0.6) is 0 Å². The Balaban J connectivity index is 2.26. The van der Waals surface area contributed by atoms with Crippen LogP contribution in [0.4, 0.5) is 0 Å². The van der Waals surface area contributed by atoms with E-state index in [0.717, 1.165) is 18.4 Å². The molecule has 1 aromatic carbocycles. The van der Waals surface area contributed by atoms with Gasteiger partial charge >= 0.3 is 5.97 Å². The summed E-state index contributed by atoms with van der Waals surface area (Å²) in [6.07, 6.45) is 7.85. The molecule has 19 heavy (non-hydrogen) atoms. The van der Waals surface area contributed by atoms with E-state index in [-0.39, 0.29) is 5.97 Å². The van der Waals surface area contributed by atoms with E-state index in [1.165, 1.54) is 19.3 Å². The van der Waals surface area contributed by atoms with Gasteiger partial charge in [-0.05, 0) is 25.3 Å². The number of hydrogen-bond donors (Lipinski definition) is 0. The monoisotopic (exact) mass is 260 g/mol. The van der Waals surface area contributed by atoms with Crippen LogP contribution in [0.2, 0.25) is 0 Å². The van der Waals surface area contributed by atoms with Gasteiger partial charge in [0.05, 0.1) is 0 Å². The number of ether oxygens (including phenoxy) is 1. The standard InChI is InChI=1S/C17H24O2/c1-3-4-5-6-8-11-15(2)17(18)19-14-16-12-9-7-10-13-16/h7,9-13H,3-6,8,14H2,1-2H3. The van der Waals surface area contributed by atoms with Gasteiger partial charge in [0.25, 0.3) is 0 Å². The van der Waals surface area contributed by atoms with Crippen LogP contribution in [0.15, 0.2) is 42.0 Å². The predicted molar refractivity (Wildman–Crippen MR) is 78.8 cm³/mol. The van der Waals surface area contributed by atoms with Gasteiger partial charge in [0.1, 0.15) is 6.61 Å². The third-order valence-electron chi connectivity index (χ3n) is 3.04. The molecule has 0 aliphatic rings. The molecule has 0 aliphatic carbocycles. The number of benzene rings is 1. The third-order valence-corrected chi connectivity index (χ3v) is 3.04. The molecule has 0 N–H and O–H groups in total. The van der Waals surface area contributed by atoms with Crippen LogP contribution in [-0.2, 0) is 16.1 Å². The molecule has 2 nitrogen and oxygen atoms in total. The lowest BCUT2D eigenvalue weighted by Crippen LogP contribution is -2.05. The first kappa shape index (κ1) is 15.5. The molecule has 0 unspecified atom stereocenters. The first-order valence-electron chi connectivity index (χ1n) is 7.12. The van der Waals surface area contributed by atoms with Gasteiger partial charge in [0.15, 0.2) is 0 Å². The van der Waals surface area contributed by atoms with Gasteiger partial charge in [-0.1, -0.05) is 62.6 Å². The second kappa shape index (κ2) is 9.37. The van der Waals surface area contributed by atoms with Crippen LogP contribution in [0.1, 0.15) is 51.5 Å². The fraction of sp³-hybridized carbons (Fsp3) is 0.471. The maximum Gasteiger partial charge on any atom is 0.333 e. The summed E-state index contributed by atoms with van der Waals surface area (Å²) in [5.74, 6) is -0.209. The number of carbonyl (C=O) groups is 1. The number of hydrogen-bond acceptors (Lipinski definition) is 2. The minimum Gasteiger partial charge on any atom is -0.457 e. The van der Waals surface area contributed by atoms with E-state index in [1.54, 1.807) is 0 Å². The Morgan fingerprint density at radius 2 is 1.89 bits per heavy atom. The SMILES string of the molecule is CCCCCCC=C(C)C(=O)OCc1ccccc1. The molecule has 0 heterocycles. The van der Waals surface area contributed by atoms with E-state index in [1.807, 2.05) is 43.3 Å². The maximum absolute atomic E-state index is 11.7. The molecule has 1 rings (SSSR count). The van der Waals surface area contributed by atoms with Gasteiger partial charge in [0.2, 0.25) is 0 Å². The zero-order chi connectivity index (χ0) is 13.9. The molecule has 0 radical (unpaired) electrons. The highest BCUT2D eigenvalue weighted by molar-refractivity contribution is 5.87. The van der Waals surface area contributed by atoms with Crippen LogP contribution in [-0.4, -0.2) is 5.97 Å². The summed E-state index contributed by atoms with van der Waals surface area (Å²) in [6, 6.07) is 9.75. The number of unbranched alkanes of at least 4 members (excludes halogenated alkanes) is 4. The van der Waals surface area contributed by atoms with E-state index >= 15 is 0 Å². The highest BCUT2D eigenvalue weighted by atomic mass is 16.5. The van der Waals surface area contributed by atoms with E-state index in [9.17, 15) is 4.79 Å². The lowest BCUT2D eigenvalue weighted by Gasteiger charge is -2.05. The zero-order valence-corrected chi connectivity index (χ0v) is 12.0. The van der Waals surface area contributed by atoms with Crippen LogP contribution in [0.3, 0.4) is 0 Å². The molecule has 0 atom stereocenters. The average molecular weight is 260 g/mol. The molecule has 0 bridgehead atoms. The molecule has 0 saturated heterocycles. The fourth-order valence-corrected chi connectivity index (χ4v) is 1.81. The Morgan fingerprint density at radius 1 is 1.16 bits per heavy atom. The van der Waals surface area contributed by atoms with Gasteiger partial charge in [-0.3, -0.25) is 0 Å². The summed E-state index contributed by atoms with van der Waals surface area (Å²) in [5.41, 5.74) is 1.74. The minimum atomic E-state index is -0.209. The van der Waals surface area contributed by atoms with Crippen molar-refractivity contribution >= 4 is 5.97 Å². The van der Waals surface area contributed by atoms with Gasteiger partial charge in [-0.2, -0.15) is 0 Å². The molecule has 0 aromatic heterocycles. The Kier molecular flexibility index (Phi) is 7.64. The number of allylic oxidation sites excluding steroid dienone is 1. The molecule has 0 saturated carbocycles. The molecular formula is C17H24O2. The Labute approximate surface area is 116 Å². The van der Waals surface area contributed by atoms with Crippen molar-refractivity contribution in [3.05, 3.63) is 47.5 Å². The van der Waals surface area contributed by atoms with Crippen molar-refractivity contribution in [1.29, 1.82) is 0 Å². The van der Waals surface area contributed by atoms with Crippen LogP contribution < -0.4 is 0 Å². The summed E-state index contributed by atoms with van der Waals surface area (Å²) in [7, 11) is 0. The Bertz CT molecular complexity index is 393. The van der Waals surface area contributed by atoms with E-state index in [0.29, 0.717) is 12.2 Å². The van der Waals surface area contributed by atoms with E-state index in [4.69, 9.17) is 4.74 Å². The van der Waals surface area contributed by atoms with Crippen molar-refractivity contribution in [1.82, 2.24) is 0 Å². The van der Waals surface area contributed by atoms with Gasteiger partial charge in [0, 0.05) is 5.57 Å². The number of rotatable bonds is 8. The maximum atomic E-state index is 11.7. The third kappa shape index (κ3) is 6.80. The first-order chi connectivity index (χ1) is 9.24. The number of esters is 1. The highest BCUT2D eigenvalue weighted by Gasteiger charge is 2.05. The molecule has 0 aliphatic heterocycles. The topological polar surface area (TPSA) is 26.3 Å². The quantitative estimate of drug-likeness (QED) is 0.386. The lowest BCUT2D eigenvalue weighted by atomic mass is 10.1. The van der Waals surface area contributed by atoms with E-state index < -0.39 is 0 Å². The minimum absolute atomic E-state index is 0.209. The van der Waals surface area contributed by atoms with Crippen LogP contribution in [0.25, 0.3) is 0 Å². The van der Waals surface area contributed by atoms with Crippen molar-refractivity contribution in [3.63, 3.8) is 0 Å². The molecule has 0 spiro atoms. The second-order valence-corrected chi connectivity index (χ2v) is 4.80. The van der Waals surface area contributed by atoms with Crippen molar-refractivity contribution in [3.8, 4) is 0 Å². The first-order valence-corrected chi connectivity index (χ1v) is 7.12. The van der Waals surface area contributed by atoms with Crippen molar-refractivity contribution in [2.45, 2.75) is 52.6 Å². The summed E-state index contributed by atoms with van der Waals surface area (Å²) < 4.78 is 5.26. The fourth-order valence-electron chi connectivity index (χ4n) is 1.81. The lowest BCUT2D eigenvalue weighted by molar-refractivity contribution is -0.140. The largest absolute Gasteiger partial charge is 0.457 e. The van der Waals surface area contributed by atoms with E-state index in [2.05, 4.69) is 6.92 Å². The Morgan fingerprint density at radius 3 is 2.58 bits per heavy atom. The van der Waals surface area contributed by atoms with Crippen molar-refractivity contribution in [2.75, 3.05) is 0 Å². The smallest absolute Gasteiger partial charge is 0.333 e. The summed E-state index contributed by atoms with van der Waals surface area (Å²) in [4.78, 5) is 11.7. The van der Waals surface area contributed by atoms with Gasteiger partial charge in [-0.15, -0.1) is 0 Å². The average Bonchev–Trinajstić information content (AvgIpc) is 2.45. The predicted octanol–water partition coefficient (Wildman–Crippen LogP) is 4.65. The summed E-state index contributed by atoms with van der Waals surface area (Å²) in [6.45, 7) is 4.37. The van der Waals surface area contributed by atoms with Crippen LogP contribution >= 0.6 is 0 Å². The second-order valence-electron chi connectivity index (χ2n) is 4.80. The zero-order valence-electron chi connectivity index (χ0n) is 12.0. The van der Waals surface area contributed by atoms with Crippen molar-refractivity contribution in [2.24, 2.45) is 0 Å². The molecule has 0 fully saturated rings. The van der Waals surface area contributed by atoms with Crippen LogP contribution in [0, 0.1) is 0 Å². The molecule has 0 amide bonds. The summed E-state index contributed by atoms with van der Waals surface area (Å²) in [5, 5.41) is 0. The van der Waals surface area contributed by atoms with Crippen molar-refractivity contribution < 1.29 is 9.53 Å². The number of carbonyl (C=O) groups excluding carboxylic acids is 1. The molecular weight excluding hydrogens is 236 g/mol. The highest BCUT2D eigenvalue weighted by Crippen LogP contribution is 2.08. The summed E-state index contributed by atoms with van der Waals surface area (Å²) >= 11 is 0. The molecule has 2 heteroatoms. The Hall–Kier alpha value is -1.57. The molecule has 104 valence electrons. The van der Waals surface area contributed by atoms with Gasteiger partial charge < -0.3 is 4.74 Å².